The van der Waals surface area contributed by atoms with E-state index in [0.717, 1.165) is 39.8 Å². The number of ether oxygens (including phenoxy) is 2. The molecule has 0 saturated heterocycles. The predicted octanol–water partition coefficient (Wildman–Crippen LogP) is 6.04. The van der Waals surface area contributed by atoms with Crippen molar-refractivity contribution < 1.29 is 13.9 Å². The molecule has 0 aliphatic carbocycles. The molecule has 0 amide bonds. The van der Waals surface area contributed by atoms with Crippen molar-refractivity contribution in [3.8, 4) is 28.7 Å². The highest BCUT2D eigenvalue weighted by Gasteiger charge is 2.12. The van der Waals surface area contributed by atoms with Gasteiger partial charge in [0, 0.05) is 12.0 Å². The zero-order valence-corrected chi connectivity index (χ0v) is 15.9. The fourth-order valence-corrected chi connectivity index (χ4v) is 2.94. The first kappa shape index (κ1) is 17.9. The van der Waals surface area contributed by atoms with Gasteiger partial charge in [-0.3, -0.25) is 0 Å². The minimum atomic E-state index is 0.624. The van der Waals surface area contributed by atoms with Gasteiger partial charge in [0.1, 0.15) is 23.0 Å². The van der Waals surface area contributed by atoms with Crippen molar-refractivity contribution in [1.82, 2.24) is 4.98 Å². The average molecular weight is 371 g/mol. The van der Waals surface area contributed by atoms with Gasteiger partial charge in [-0.15, -0.1) is 0 Å². The van der Waals surface area contributed by atoms with Crippen molar-refractivity contribution in [2.45, 2.75) is 13.3 Å². The molecule has 1 heterocycles. The summed E-state index contributed by atoms with van der Waals surface area (Å²) < 4.78 is 16.9. The molecule has 140 valence electrons. The first-order valence-corrected chi connectivity index (χ1v) is 9.14. The summed E-state index contributed by atoms with van der Waals surface area (Å²) in [6.45, 7) is 1.95. The Balaban J connectivity index is 1.47. The summed E-state index contributed by atoms with van der Waals surface area (Å²) in [4.78, 5) is 4.68. The summed E-state index contributed by atoms with van der Waals surface area (Å²) in [5, 5.41) is 0. The Hall–Kier alpha value is -3.53. The maximum atomic E-state index is 5.87. The molecular formula is C24H21NO3. The molecule has 3 aromatic carbocycles. The van der Waals surface area contributed by atoms with Crippen LogP contribution in [0.15, 0.2) is 83.3 Å². The molecule has 4 aromatic rings. The quantitative estimate of drug-likeness (QED) is 0.414. The Bertz CT molecular complexity index is 1040. The minimum absolute atomic E-state index is 0.624. The lowest BCUT2D eigenvalue weighted by molar-refractivity contribution is 0.415. The molecule has 0 atom stereocenters. The van der Waals surface area contributed by atoms with E-state index in [-0.39, 0.29) is 0 Å². The van der Waals surface area contributed by atoms with Gasteiger partial charge in [0.2, 0.25) is 5.89 Å². The van der Waals surface area contributed by atoms with Crippen LogP contribution >= 0.6 is 0 Å². The van der Waals surface area contributed by atoms with E-state index in [0.29, 0.717) is 12.3 Å². The van der Waals surface area contributed by atoms with Crippen LogP contribution < -0.4 is 9.47 Å². The normalized spacial score (nSPS) is 10.6. The van der Waals surface area contributed by atoms with Crippen LogP contribution in [0.5, 0.6) is 17.2 Å². The van der Waals surface area contributed by atoms with Crippen LogP contribution in [0.25, 0.3) is 11.5 Å². The topological polar surface area (TPSA) is 44.5 Å². The lowest BCUT2D eigenvalue weighted by Crippen LogP contribution is -1.91. The Kier molecular flexibility index (Phi) is 5.11. The summed E-state index contributed by atoms with van der Waals surface area (Å²) in [7, 11) is 1.65. The molecule has 4 heteroatoms. The second-order valence-electron chi connectivity index (χ2n) is 6.49. The monoisotopic (exact) mass is 371 g/mol. The summed E-state index contributed by atoms with van der Waals surface area (Å²) in [6, 6.07) is 25.5. The van der Waals surface area contributed by atoms with Gasteiger partial charge in [-0.2, -0.15) is 0 Å². The Morgan fingerprint density at radius 1 is 0.786 bits per heavy atom. The Morgan fingerprint density at radius 2 is 1.43 bits per heavy atom. The molecule has 28 heavy (non-hydrogen) atoms. The SMILES string of the molecule is COc1ccc(-c2nc(Cc3ccc(Oc4ccccc4)cc3)c(C)o2)cc1. The van der Waals surface area contributed by atoms with E-state index in [1.165, 1.54) is 0 Å². The molecular weight excluding hydrogens is 350 g/mol. The number of nitrogens with zero attached hydrogens (tertiary/aromatic N) is 1. The van der Waals surface area contributed by atoms with Crippen LogP contribution in [0.3, 0.4) is 0 Å². The number of hydrogen-bond acceptors (Lipinski definition) is 4. The van der Waals surface area contributed by atoms with Crippen molar-refractivity contribution in [3.05, 3.63) is 95.9 Å². The number of oxazole rings is 1. The number of methoxy groups -OCH3 is 1. The smallest absolute Gasteiger partial charge is 0.226 e. The molecule has 0 aliphatic rings. The summed E-state index contributed by atoms with van der Waals surface area (Å²) in [6.07, 6.45) is 0.705. The maximum Gasteiger partial charge on any atom is 0.226 e. The number of aromatic nitrogens is 1. The molecule has 0 fully saturated rings. The van der Waals surface area contributed by atoms with Crippen LogP contribution in [0, 0.1) is 6.92 Å². The van der Waals surface area contributed by atoms with E-state index >= 15 is 0 Å². The van der Waals surface area contributed by atoms with E-state index in [9.17, 15) is 0 Å². The first-order chi connectivity index (χ1) is 13.7. The molecule has 0 aliphatic heterocycles. The molecule has 0 radical (unpaired) electrons. The highest BCUT2D eigenvalue weighted by atomic mass is 16.5. The van der Waals surface area contributed by atoms with Gasteiger partial charge in [-0.25, -0.2) is 4.98 Å². The van der Waals surface area contributed by atoms with Crippen molar-refractivity contribution in [3.63, 3.8) is 0 Å². The molecule has 0 N–H and O–H groups in total. The zero-order chi connectivity index (χ0) is 19.3. The lowest BCUT2D eigenvalue weighted by atomic mass is 10.1. The summed E-state index contributed by atoms with van der Waals surface area (Å²) >= 11 is 0. The van der Waals surface area contributed by atoms with Crippen LogP contribution in [-0.4, -0.2) is 12.1 Å². The molecule has 1 aromatic heterocycles. The van der Waals surface area contributed by atoms with E-state index in [4.69, 9.17) is 13.9 Å². The number of benzene rings is 3. The predicted molar refractivity (Wildman–Crippen MR) is 109 cm³/mol. The van der Waals surface area contributed by atoms with Crippen molar-refractivity contribution in [1.29, 1.82) is 0 Å². The number of hydrogen-bond donors (Lipinski definition) is 0. The largest absolute Gasteiger partial charge is 0.497 e. The van der Waals surface area contributed by atoms with E-state index in [1.54, 1.807) is 7.11 Å². The van der Waals surface area contributed by atoms with Gasteiger partial charge < -0.3 is 13.9 Å². The van der Waals surface area contributed by atoms with Gasteiger partial charge >= 0.3 is 0 Å². The van der Waals surface area contributed by atoms with Crippen LogP contribution in [0.4, 0.5) is 0 Å². The Morgan fingerprint density at radius 3 is 2.11 bits per heavy atom. The van der Waals surface area contributed by atoms with Gasteiger partial charge in [-0.1, -0.05) is 30.3 Å². The fourth-order valence-electron chi connectivity index (χ4n) is 2.94. The third kappa shape index (κ3) is 4.07. The van der Waals surface area contributed by atoms with Crippen LogP contribution in [0.2, 0.25) is 0 Å². The Labute approximate surface area is 164 Å². The molecule has 0 saturated carbocycles. The van der Waals surface area contributed by atoms with Crippen molar-refractivity contribution in [2.75, 3.05) is 7.11 Å². The average Bonchev–Trinajstić information content (AvgIpc) is 3.10. The minimum Gasteiger partial charge on any atom is -0.497 e. The van der Waals surface area contributed by atoms with E-state index < -0.39 is 0 Å². The highest BCUT2D eigenvalue weighted by molar-refractivity contribution is 5.55. The first-order valence-electron chi connectivity index (χ1n) is 9.14. The molecule has 4 rings (SSSR count). The summed E-state index contributed by atoms with van der Waals surface area (Å²) in [5.74, 6) is 3.90. The number of para-hydroxylation sites is 1. The van der Waals surface area contributed by atoms with Crippen LogP contribution in [0.1, 0.15) is 17.0 Å². The van der Waals surface area contributed by atoms with E-state index in [2.05, 4.69) is 17.1 Å². The molecule has 4 nitrogen and oxygen atoms in total. The fraction of sp³-hybridized carbons (Fsp3) is 0.125. The third-order valence-corrected chi connectivity index (χ3v) is 4.50. The lowest BCUT2D eigenvalue weighted by Gasteiger charge is -2.06. The molecule has 0 spiro atoms. The van der Waals surface area contributed by atoms with Crippen LogP contribution in [-0.2, 0) is 6.42 Å². The zero-order valence-electron chi connectivity index (χ0n) is 15.9. The van der Waals surface area contributed by atoms with E-state index in [1.807, 2.05) is 73.7 Å². The number of aryl methyl sites for hydroxylation is 1. The standard InChI is InChI=1S/C24H21NO3/c1-17-23(25-24(27-17)19-10-14-20(26-2)15-11-19)16-18-8-12-22(13-9-18)28-21-6-4-3-5-7-21/h3-15H,16H2,1-2H3. The second-order valence-corrected chi connectivity index (χ2v) is 6.49. The van der Waals surface area contributed by atoms with Gasteiger partial charge in [0.05, 0.1) is 12.8 Å². The van der Waals surface area contributed by atoms with Gasteiger partial charge in [0.15, 0.2) is 0 Å². The van der Waals surface area contributed by atoms with Gasteiger partial charge in [0.25, 0.3) is 0 Å². The maximum absolute atomic E-state index is 5.87. The van der Waals surface area contributed by atoms with Crippen molar-refractivity contribution in [2.24, 2.45) is 0 Å². The second kappa shape index (κ2) is 8.01. The highest BCUT2D eigenvalue weighted by Crippen LogP contribution is 2.26. The van der Waals surface area contributed by atoms with Gasteiger partial charge in [-0.05, 0) is 61.0 Å². The third-order valence-electron chi connectivity index (χ3n) is 4.50. The summed E-state index contributed by atoms with van der Waals surface area (Å²) in [5.41, 5.74) is 3.02. The van der Waals surface area contributed by atoms with Crippen molar-refractivity contribution >= 4 is 0 Å². The molecule has 0 unspecified atom stereocenters. The molecule has 0 bridgehead atoms. The number of rotatable bonds is 6.